The zero-order chi connectivity index (χ0) is 16.1. The predicted molar refractivity (Wildman–Crippen MR) is 90.5 cm³/mol. The molecule has 0 radical (unpaired) electrons. The van der Waals surface area contributed by atoms with Crippen LogP contribution in [0.2, 0.25) is 0 Å². The third kappa shape index (κ3) is 4.11. The van der Waals surface area contributed by atoms with Crippen molar-refractivity contribution in [1.29, 1.82) is 0 Å². The first kappa shape index (κ1) is 15.6. The number of benzene rings is 2. The maximum absolute atomic E-state index is 12.1. The molecule has 120 valence electrons. The molecule has 1 amide bonds. The lowest BCUT2D eigenvalue weighted by Gasteiger charge is -2.14. The fourth-order valence-corrected chi connectivity index (χ4v) is 2.69. The molecule has 2 aromatic rings. The molecule has 4 nitrogen and oxygen atoms in total. The SMILES string of the molecule is Cc1ccc(Oc2ccccc2CNC(=O)C2CCNC2)cc1. The minimum atomic E-state index is 0.0835. The zero-order valence-corrected chi connectivity index (χ0v) is 13.3. The summed E-state index contributed by atoms with van der Waals surface area (Å²) in [6, 6.07) is 15.8. The third-order valence-corrected chi connectivity index (χ3v) is 4.11. The molecule has 1 atom stereocenters. The van der Waals surface area contributed by atoms with Gasteiger partial charge in [-0.25, -0.2) is 0 Å². The van der Waals surface area contributed by atoms with Crippen molar-refractivity contribution in [1.82, 2.24) is 10.6 Å². The molecule has 2 aromatic carbocycles. The van der Waals surface area contributed by atoms with Crippen molar-refractivity contribution in [3.8, 4) is 11.5 Å². The second-order valence-corrected chi connectivity index (χ2v) is 5.93. The quantitative estimate of drug-likeness (QED) is 0.892. The topological polar surface area (TPSA) is 50.4 Å². The number of ether oxygens (including phenoxy) is 1. The van der Waals surface area contributed by atoms with Crippen molar-refractivity contribution < 1.29 is 9.53 Å². The van der Waals surface area contributed by atoms with Crippen molar-refractivity contribution in [2.75, 3.05) is 13.1 Å². The van der Waals surface area contributed by atoms with Crippen molar-refractivity contribution in [2.24, 2.45) is 5.92 Å². The summed E-state index contributed by atoms with van der Waals surface area (Å²) >= 11 is 0. The highest BCUT2D eigenvalue weighted by atomic mass is 16.5. The van der Waals surface area contributed by atoms with E-state index in [9.17, 15) is 4.79 Å². The van der Waals surface area contributed by atoms with Crippen LogP contribution in [-0.2, 0) is 11.3 Å². The van der Waals surface area contributed by atoms with Crippen LogP contribution in [0.25, 0.3) is 0 Å². The van der Waals surface area contributed by atoms with Crippen LogP contribution < -0.4 is 15.4 Å². The Bertz CT molecular complexity index is 661. The Hall–Kier alpha value is -2.33. The van der Waals surface area contributed by atoms with Gasteiger partial charge in [0.1, 0.15) is 11.5 Å². The largest absolute Gasteiger partial charge is 0.457 e. The highest BCUT2D eigenvalue weighted by Crippen LogP contribution is 2.25. The molecular formula is C19H22N2O2. The van der Waals surface area contributed by atoms with E-state index in [0.29, 0.717) is 6.54 Å². The lowest BCUT2D eigenvalue weighted by molar-refractivity contribution is -0.124. The molecule has 0 aromatic heterocycles. The number of aryl methyl sites for hydroxylation is 1. The van der Waals surface area contributed by atoms with Crippen LogP contribution in [0.15, 0.2) is 48.5 Å². The molecule has 1 fully saturated rings. The van der Waals surface area contributed by atoms with Crippen LogP contribution in [0.3, 0.4) is 0 Å². The molecule has 3 rings (SSSR count). The van der Waals surface area contributed by atoms with Crippen molar-refractivity contribution in [3.05, 3.63) is 59.7 Å². The van der Waals surface area contributed by atoms with Crippen LogP contribution in [-0.4, -0.2) is 19.0 Å². The number of nitrogens with one attached hydrogen (secondary N) is 2. The molecule has 2 N–H and O–H groups in total. The first-order valence-electron chi connectivity index (χ1n) is 8.03. The minimum absolute atomic E-state index is 0.0835. The molecular weight excluding hydrogens is 288 g/mol. The van der Waals surface area contributed by atoms with Gasteiger partial charge in [-0.15, -0.1) is 0 Å². The lowest BCUT2D eigenvalue weighted by Crippen LogP contribution is -2.31. The normalized spacial score (nSPS) is 17.0. The molecule has 1 saturated heterocycles. The fourth-order valence-electron chi connectivity index (χ4n) is 2.69. The van der Waals surface area contributed by atoms with Gasteiger partial charge in [-0.1, -0.05) is 35.9 Å². The molecule has 0 bridgehead atoms. The van der Waals surface area contributed by atoms with E-state index in [0.717, 1.165) is 36.6 Å². The van der Waals surface area contributed by atoms with Gasteiger partial charge in [0.05, 0.1) is 5.92 Å². The Kier molecular flexibility index (Phi) is 4.93. The Morgan fingerprint density at radius 3 is 2.74 bits per heavy atom. The summed E-state index contributed by atoms with van der Waals surface area (Å²) in [6.45, 7) is 4.22. The van der Waals surface area contributed by atoms with Crippen molar-refractivity contribution in [2.45, 2.75) is 19.9 Å². The number of amides is 1. The van der Waals surface area contributed by atoms with Gasteiger partial charge in [0, 0.05) is 18.7 Å². The third-order valence-electron chi connectivity index (χ3n) is 4.11. The van der Waals surface area contributed by atoms with Gasteiger partial charge in [-0.2, -0.15) is 0 Å². The van der Waals surface area contributed by atoms with E-state index in [2.05, 4.69) is 10.6 Å². The number of hydrogen-bond donors (Lipinski definition) is 2. The Balaban J connectivity index is 1.65. The van der Waals surface area contributed by atoms with Crippen LogP contribution in [0, 0.1) is 12.8 Å². The Morgan fingerprint density at radius 1 is 1.22 bits per heavy atom. The molecule has 0 spiro atoms. The van der Waals surface area contributed by atoms with Gasteiger partial charge < -0.3 is 15.4 Å². The Labute approximate surface area is 136 Å². The van der Waals surface area contributed by atoms with Gasteiger partial charge in [0.15, 0.2) is 0 Å². The molecule has 1 unspecified atom stereocenters. The van der Waals surface area contributed by atoms with E-state index in [1.54, 1.807) is 0 Å². The van der Waals surface area contributed by atoms with Gasteiger partial charge in [0.25, 0.3) is 0 Å². The second-order valence-electron chi connectivity index (χ2n) is 5.93. The van der Waals surface area contributed by atoms with E-state index in [1.807, 2.05) is 55.5 Å². The molecule has 0 saturated carbocycles. The average Bonchev–Trinajstić information content (AvgIpc) is 3.10. The van der Waals surface area contributed by atoms with Gasteiger partial charge >= 0.3 is 0 Å². The van der Waals surface area contributed by atoms with E-state index in [1.165, 1.54) is 5.56 Å². The molecule has 1 aliphatic rings. The maximum atomic E-state index is 12.1. The van der Waals surface area contributed by atoms with Crippen LogP contribution in [0.1, 0.15) is 17.5 Å². The minimum Gasteiger partial charge on any atom is -0.457 e. The lowest BCUT2D eigenvalue weighted by atomic mass is 10.1. The van der Waals surface area contributed by atoms with E-state index < -0.39 is 0 Å². The first-order valence-corrected chi connectivity index (χ1v) is 8.03. The highest BCUT2D eigenvalue weighted by molar-refractivity contribution is 5.79. The van der Waals surface area contributed by atoms with Gasteiger partial charge in [-0.3, -0.25) is 4.79 Å². The summed E-state index contributed by atoms with van der Waals surface area (Å²) in [4.78, 5) is 12.1. The summed E-state index contributed by atoms with van der Waals surface area (Å²) in [5.74, 6) is 1.77. The number of rotatable bonds is 5. The first-order chi connectivity index (χ1) is 11.2. The molecule has 4 heteroatoms. The van der Waals surface area contributed by atoms with Gasteiger partial charge in [-0.05, 0) is 38.1 Å². The number of carbonyl (C=O) groups excluding carboxylic acids is 1. The number of carbonyl (C=O) groups is 1. The smallest absolute Gasteiger partial charge is 0.224 e. The zero-order valence-electron chi connectivity index (χ0n) is 13.3. The van der Waals surface area contributed by atoms with Gasteiger partial charge in [0.2, 0.25) is 5.91 Å². The summed E-state index contributed by atoms with van der Waals surface area (Å²) in [5, 5.41) is 6.23. The number of hydrogen-bond acceptors (Lipinski definition) is 3. The predicted octanol–water partition coefficient (Wildman–Crippen LogP) is 3.01. The molecule has 23 heavy (non-hydrogen) atoms. The summed E-state index contributed by atoms with van der Waals surface area (Å²) in [6.07, 6.45) is 0.910. The molecule has 1 aliphatic heterocycles. The second kappa shape index (κ2) is 7.29. The maximum Gasteiger partial charge on any atom is 0.224 e. The van der Waals surface area contributed by atoms with E-state index >= 15 is 0 Å². The number of para-hydroxylation sites is 1. The average molecular weight is 310 g/mol. The van der Waals surface area contributed by atoms with Crippen molar-refractivity contribution in [3.63, 3.8) is 0 Å². The highest BCUT2D eigenvalue weighted by Gasteiger charge is 2.22. The van der Waals surface area contributed by atoms with Crippen LogP contribution >= 0.6 is 0 Å². The summed E-state index contributed by atoms with van der Waals surface area (Å²) < 4.78 is 5.96. The van der Waals surface area contributed by atoms with E-state index in [-0.39, 0.29) is 11.8 Å². The van der Waals surface area contributed by atoms with Crippen LogP contribution in [0.4, 0.5) is 0 Å². The Morgan fingerprint density at radius 2 is 2.00 bits per heavy atom. The molecule has 0 aliphatic carbocycles. The monoisotopic (exact) mass is 310 g/mol. The van der Waals surface area contributed by atoms with E-state index in [4.69, 9.17) is 4.74 Å². The van der Waals surface area contributed by atoms with Crippen molar-refractivity contribution >= 4 is 5.91 Å². The summed E-state index contributed by atoms with van der Waals surface area (Å²) in [7, 11) is 0. The van der Waals surface area contributed by atoms with Crippen LogP contribution in [0.5, 0.6) is 11.5 Å². The standard InChI is InChI=1S/C19H22N2O2/c1-14-6-8-17(9-7-14)23-18-5-3-2-4-15(18)13-21-19(22)16-10-11-20-12-16/h2-9,16,20H,10-13H2,1H3,(H,21,22). The fraction of sp³-hybridized carbons (Fsp3) is 0.316. The summed E-state index contributed by atoms with van der Waals surface area (Å²) in [5.41, 5.74) is 2.18. The molecule has 1 heterocycles.